The molecule has 0 aromatic rings. The van der Waals surface area contributed by atoms with Gasteiger partial charge in [0.25, 0.3) is 11.8 Å². The van der Waals surface area contributed by atoms with Gasteiger partial charge in [0, 0.05) is 0 Å². The zero-order chi connectivity index (χ0) is 9.57. The lowest BCUT2D eigenvalue weighted by Crippen LogP contribution is -2.61. The fourth-order valence-corrected chi connectivity index (χ4v) is 1.17. The van der Waals surface area contributed by atoms with Crippen LogP contribution in [0.4, 0.5) is 8.78 Å². The molecule has 1 heterocycles. The third-order valence-corrected chi connectivity index (χ3v) is 1.83. The first-order valence-corrected chi connectivity index (χ1v) is 4.03. The highest BCUT2D eigenvalue weighted by Gasteiger charge is 2.49. The van der Waals surface area contributed by atoms with E-state index in [0.29, 0.717) is 0 Å². The number of likely N-dealkylation sites (tertiary alicyclic amines) is 1. The van der Waals surface area contributed by atoms with E-state index < -0.39 is 29.3 Å². The molecule has 0 spiro atoms. The van der Waals surface area contributed by atoms with Gasteiger partial charge in [-0.15, -0.1) is 0 Å². The van der Waals surface area contributed by atoms with Crippen LogP contribution in [0.25, 0.3) is 0 Å². The molecule has 1 aliphatic rings. The molecule has 0 radical (unpaired) electrons. The summed E-state index contributed by atoms with van der Waals surface area (Å²) < 4.78 is 22.9. The zero-order valence-corrected chi connectivity index (χ0v) is 7.79. The lowest BCUT2D eigenvalue weighted by Gasteiger charge is -2.40. The molecule has 0 aliphatic carbocycles. The van der Waals surface area contributed by atoms with Crippen molar-refractivity contribution >= 4 is 29.1 Å². The summed E-state index contributed by atoms with van der Waals surface area (Å²) in [6.07, 6.45) is 0. The predicted molar refractivity (Wildman–Crippen MR) is 41.6 cm³/mol. The number of hydrogen-bond acceptors (Lipinski definition) is 1. The standard InChI is InChI=1S/C6H7Cl2F2NO/c1-5(7,8)4(12)11-2-6(9,10)3-11/h2-3H2,1H3. The Morgan fingerprint density at radius 2 is 1.92 bits per heavy atom. The molecule has 1 rings (SSSR count). The number of halogens is 4. The van der Waals surface area contributed by atoms with Crippen LogP contribution in [0.3, 0.4) is 0 Å². The average Bonchev–Trinajstić information content (AvgIpc) is 1.78. The Kier molecular flexibility index (Phi) is 2.25. The lowest BCUT2D eigenvalue weighted by molar-refractivity contribution is -0.166. The number of nitrogens with zero attached hydrogens (tertiary/aromatic N) is 1. The van der Waals surface area contributed by atoms with Gasteiger partial charge in [-0.05, 0) is 6.92 Å². The van der Waals surface area contributed by atoms with Gasteiger partial charge in [0.15, 0.2) is 4.33 Å². The molecule has 6 heteroatoms. The van der Waals surface area contributed by atoms with Crippen molar-refractivity contribution in [2.24, 2.45) is 0 Å². The summed E-state index contributed by atoms with van der Waals surface area (Å²) in [5.74, 6) is -3.44. The number of hydrogen-bond donors (Lipinski definition) is 0. The third kappa shape index (κ3) is 1.98. The van der Waals surface area contributed by atoms with E-state index in [1.807, 2.05) is 0 Å². The largest absolute Gasteiger partial charge is 0.328 e. The minimum atomic E-state index is -2.77. The highest BCUT2D eigenvalue weighted by Crippen LogP contribution is 2.32. The molecule has 0 unspecified atom stereocenters. The highest BCUT2D eigenvalue weighted by molar-refractivity contribution is 6.57. The van der Waals surface area contributed by atoms with E-state index in [9.17, 15) is 13.6 Å². The Bertz CT molecular complexity index is 206. The number of carbonyl (C=O) groups excluding carboxylic acids is 1. The first-order valence-electron chi connectivity index (χ1n) is 3.27. The molecule has 1 aliphatic heterocycles. The number of rotatable bonds is 1. The Balaban J connectivity index is 2.50. The zero-order valence-electron chi connectivity index (χ0n) is 6.28. The summed E-state index contributed by atoms with van der Waals surface area (Å²) in [6.45, 7) is 0.0939. The third-order valence-electron chi connectivity index (χ3n) is 1.51. The van der Waals surface area contributed by atoms with Gasteiger partial charge in [-0.3, -0.25) is 4.79 Å². The number of alkyl halides is 4. The predicted octanol–water partition coefficient (Wildman–Crippen LogP) is 1.66. The molecule has 1 fully saturated rings. The topological polar surface area (TPSA) is 20.3 Å². The molecule has 0 bridgehead atoms. The average molecular weight is 218 g/mol. The van der Waals surface area contributed by atoms with Crippen molar-refractivity contribution in [2.75, 3.05) is 13.1 Å². The second kappa shape index (κ2) is 2.70. The molecule has 2 nitrogen and oxygen atoms in total. The molecule has 70 valence electrons. The van der Waals surface area contributed by atoms with Gasteiger partial charge in [0.1, 0.15) is 0 Å². The van der Waals surface area contributed by atoms with Crippen LogP contribution in [0, 0.1) is 0 Å². The van der Waals surface area contributed by atoms with Crippen molar-refractivity contribution in [2.45, 2.75) is 17.2 Å². The van der Waals surface area contributed by atoms with Gasteiger partial charge in [-0.1, -0.05) is 23.2 Å². The van der Waals surface area contributed by atoms with Gasteiger partial charge >= 0.3 is 0 Å². The quantitative estimate of drug-likeness (QED) is 0.613. The maximum Gasteiger partial charge on any atom is 0.282 e. The summed E-state index contributed by atoms with van der Waals surface area (Å²) in [5, 5.41) is 0. The van der Waals surface area contributed by atoms with Crippen LogP contribution in [0.15, 0.2) is 0 Å². The van der Waals surface area contributed by atoms with E-state index in [4.69, 9.17) is 23.2 Å². The van der Waals surface area contributed by atoms with E-state index in [0.717, 1.165) is 4.90 Å². The van der Waals surface area contributed by atoms with Crippen LogP contribution in [0.5, 0.6) is 0 Å². The fraction of sp³-hybridized carbons (Fsp3) is 0.833. The summed E-state index contributed by atoms with van der Waals surface area (Å²) in [6, 6.07) is 0. The fourth-order valence-electron chi connectivity index (χ4n) is 0.933. The van der Waals surface area contributed by atoms with Crippen molar-refractivity contribution < 1.29 is 13.6 Å². The van der Waals surface area contributed by atoms with Crippen LogP contribution in [0.1, 0.15) is 6.92 Å². The minimum absolute atomic E-state index is 0.582. The lowest BCUT2D eigenvalue weighted by atomic mass is 10.1. The normalized spacial score (nSPS) is 21.9. The molecule has 0 atom stereocenters. The van der Waals surface area contributed by atoms with Crippen LogP contribution in [0.2, 0.25) is 0 Å². The van der Waals surface area contributed by atoms with Gasteiger partial charge in [0.2, 0.25) is 0 Å². The van der Waals surface area contributed by atoms with Crippen molar-refractivity contribution in [3.05, 3.63) is 0 Å². The van der Waals surface area contributed by atoms with Gasteiger partial charge in [-0.2, -0.15) is 0 Å². The van der Waals surface area contributed by atoms with Crippen molar-refractivity contribution in [3.8, 4) is 0 Å². The van der Waals surface area contributed by atoms with Crippen molar-refractivity contribution in [1.82, 2.24) is 4.90 Å². The molecular weight excluding hydrogens is 211 g/mol. The molecular formula is C6H7Cl2F2NO. The maximum absolute atomic E-state index is 12.3. The maximum atomic E-state index is 12.3. The van der Waals surface area contributed by atoms with E-state index in [1.165, 1.54) is 6.92 Å². The van der Waals surface area contributed by atoms with E-state index in [1.54, 1.807) is 0 Å². The van der Waals surface area contributed by atoms with Crippen molar-refractivity contribution in [1.29, 1.82) is 0 Å². The van der Waals surface area contributed by atoms with Crippen LogP contribution in [-0.2, 0) is 4.79 Å². The van der Waals surface area contributed by atoms with E-state index >= 15 is 0 Å². The SMILES string of the molecule is CC(Cl)(Cl)C(=O)N1CC(F)(F)C1. The van der Waals surface area contributed by atoms with Gasteiger partial charge in [0.05, 0.1) is 13.1 Å². The molecule has 0 aromatic carbocycles. The van der Waals surface area contributed by atoms with Crippen LogP contribution < -0.4 is 0 Å². The molecule has 12 heavy (non-hydrogen) atoms. The first kappa shape index (κ1) is 9.99. The number of amides is 1. The summed E-state index contributed by atoms with van der Waals surface area (Å²) in [7, 11) is 0. The van der Waals surface area contributed by atoms with E-state index in [-0.39, 0.29) is 0 Å². The molecule has 1 amide bonds. The minimum Gasteiger partial charge on any atom is -0.328 e. The Labute approximate surface area is 78.4 Å². The molecule has 1 saturated heterocycles. The second-order valence-electron chi connectivity index (χ2n) is 2.91. The smallest absolute Gasteiger partial charge is 0.282 e. The van der Waals surface area contributed by atoms with Crippen molar-refractivity contribution in [3.63, 3.8) is 0 Å². The molecule has 0 saturated carbocycles. The molecule has 0 aromatic heterocycles. The summed E-state index contributed by atoms with van der Waals surface area (Å²) in [5.41, 5.74) is 0. The summed E-state index contributed by atoms with van der Waals surface area (Å²) >= 11 is 10.8. The van der Waals surface area contributed by atoms with E-state index in [2.05, 4.69) is 0 Å². The van der Waals surface area contributed by atoms with Crippen LogP contribution in [-0.4, -0.2) is 34.2 Å². The summed E-state index contributed by atoms with van der Waals surface area (Å²) in [4.78, 5) is 12.0. The Morgan fingerprint density at radius 3 is 2.17 bits per heavy atom. The monoisotopic (exact) mass is 217 g/mol. The Hall–Kier alpha value is -0.0900. The van der Waals surface area contributed by atoms with Crippen LogP contribution >= 0.6 is 23.2 Å². The first-order chi connectivity index (χ1) is 5.22. The second-order valence-corrected chi connectivity index (χ2v) is 4.61. The van der Waals surface area contributed by atoms with Gasteiger partial charge in [-0.25, -0.2) is 8.78 Å². The van der Waals surface area contributed by atoms with Gasteiger partial charge < -0.3 is 4.90 Å². The Morgan fingerprint density at radius 1 is 1.50 bits per heavy atom. The molecule has 0 N–H and O–H groups in total. The highest BCUT2D eigenvalue weighted by atomic mass is 35.5. The number of carbonyl (C=O) groups is 1.